The van der Waals surface area contributed by atoms with Gasteiger partial charge in [0.05, 0.1) is 46.5 Å². The Morgan fingerprint density at radius 3 is 2.48 bits per heavy atom. The van der Waals surface area contributed by atoms with Crippen molar-refractivity contribution in [3.63, 3.8) is 0 Å². The molecule has 1 aliphatic carbocycles. The number of pyridine rings is 2. The van der Waals surface area contributed by atoms with E-state index < -0.39 is 23.8 Å². The molecule has 0 radical (unpaired) electrons. The fourth-order valence-corrected chi connectivity index (χ4v) is 4.88. The minimum Gasteiger partial charge on any atom is -0.383 e. The van der Waals surface area contributed by atoms with Gasteiger partial charge < -0.3 is 10.6 Å². The normalized spacial score (nSPS) is 14.8. The smallest absolute Gasteiger partial charge is 0.245 e. The van der Waals surface area contributed by atoms with Crippen LogP contribution in [0, 0.1) is 46.4 Å². The lowest BCUT2D eigenvalue weighted by molar-refractivity contribution is 0.0487. The molecule has 0 bridgehead atoms. The van der Waals surface area contributed by atoms with Crippen LogP contribution in [0.3, 0.4) is 0 Å². The summed E-state index contributed by atoms with van der Waals surface area (Å²) in [5, 5.41) is 35.5. The van der Waals surface area contributed by atoms with Crippen LogP contribution in [0.25, 0.3) is 10.9 Å². The van der Waals surface area contributed by atoms with Crippen LogP contribution in [0.2, 0.25) is 0 Å². The first kappa shape index (κ1) is 28.8. The molecular formula is C30H30F3N9. The van der Waals surface area contributed by atoms with Crippen LogP contribution in [-0.2, 0) is 6.54 Å². The Morgan fingerprint density at radius 2 is 1.86 bits per heavy atom. The predicted octanol–water partition coefficient (Wildman–Crippen LogP) is 6.12. The highest BCUT2D eigenvalue weighted by Gasteiger charge is 2.51. The van der Waals surface area contributed by atoms with E-state index >= 15 is 0 Å². The molecule has 216 valence electrons. The van der Waals surface area contributed by atoms with Crippen molar-refractivity contribution in [1.29, 1.82) is 10.5 Å². The second-order valence-electron chi connectivity index (χ2n) is 12.0. The van der Waals surface area contributed by atoms with Crippen molar-refractivity contribution in [3.05, 3.63) is 70.7 Å². The lowest BCUT2D eigenvalue weighted by Crippen LogP contribution is -2.20. The maximum absolute atomic E-state index is 13.9. The van der Waals surface area contributed by atoms with Crippen molar-refractivity contribution >= 4 is 22.3 Å². The number of halogens is 3. The van der Waals surface area contributed by atoms with E-state index in [1.54, 1.807) is 31.3 Å². The lowest BCUT2D eigenvalue weighted by atomic mass is 9.96. The van der Waals surface area contributed by atoms with Gasteiger partial charge in [0.25, 0.3) is 0 Å². The number of nitrogens with one attached hydrogen (secondary N) is 2. The maximum Gasteiger partial charge on any atom is 0.245 e. The SMILES string of the molecule is Cc1nc(F)ccc1C(Nc1cc(C#N)c2ncc(C#N)c(NCC(C)(C)C)c2c1)c1cn(CC2(C(F)F)CC2)nn1. The van der Waals surface area contributed by atoms with Gasteiger partial charge in [0.15, 0.2) is 0 Å². The number of rotatable bonds is 9. The first-order valence-corrected chi connectivity index (χ1v) is 13.5. The Labute approximate surface area is 241 Å². The van der Waals surface area contributed by atoms with E-state index in [4.69, 9.17) is 0 Å². The Balaban J connectivity index is 1.59. The topological polar surface area (TPSA) is 128 Å². The number of nitrogens with zero attached hydrogens (tertiary/aromatic N) is 7. The van der Waals surface area contributed by atoms with Crippen LogP contribution in [0.15, 0.2) is 36.7 Å². The van der Waals surface area contributed by atoms with E-state index in [1.165, 1.54) is 16.9 Å². The summed E-state index contributed by atoms with van der Waals surface area (Å²) < 4.78 is 42.6. The van der Waals surface area contributed by atoms with Gasteiger partial charge in [-0.15, -0.1) is 5.10 Å². The summed E-state index contributed by atoms with van der Waals surface area (Å²) in [7, 11) is 0. The highest BCUT2D eigenvalue weighted by Crippen LogP contribution is 2.52. The number of nitriles is 2. The van der Waals surface area contributed by atoms with Gasteiger partial charge in [-0.25, -0.2) is 13.8 Å². The molecule has 1 aromatic carbocycles. The van der Waals surface area contributed by atoms with E-state index in [-0.39, 0.29) is 17.5 Å². The monoisotopic (exact) mass is 573 g/mol. The molecule has 0 spiro atoms. The van der Waals surface area contributed by atoms with Crippen molar-refractivity contribution < 1.29 is 13.2 Å². The highest BCUT2D eigenvalue weighted by molar-refractivity contribution is 5.99. The fourth-order valence-electron chi connectivity index (χ4n) is 4.88. The molecule has 1 aliphatic rings. The molecule has 42 heavy (non-hydrogen) atoms. The minimum absolute atomic E-state index is 0.0327. The number of benzene rings is 1. The summed E-state index contributed by atoms with van der Waals surface area (Å²) in [6, 6.07) is 9.88. The number of aromatic nitrogens is 5. The molecule has 5 rings (SSSR count). The van der Waals surface area contributed by atoms with Crippen molar-refractivity contribution in [2.75, 3.05) is 17.2 Å². The van der Waals surface area contributed by atoms with Gasteiger partial charge in [0.2, 0.25) is 12.4 Å². The molecule has 9 nitrogen and oxygen atoms in total. The molecule has 1 saturated carbocycles. The second kappa shape index (κ2) is 10.9. The summed E-state index contributed by atoms with van der Waals surface area (Å²) in [6.45, 7) is 8.44. The molecule has 12 heteroatoms. The number of anilines is 2. The van der Waals surface area contributed by atoms with E-state index in [0.717, 1.165) is 0 Å². The number of alkyl halides is 2. The average Bonchev–Trinajstić information content (AvgIpc) is 3.58. The predicted molar refractivity (Wildman–Crippen MR) is 151 cm³/mol. The molecule has 0 saturated heterocycles. The van der Waals surface area contributed by atoms with Crippen LogP contribution < -0.4 is 10.6 Å². The lowest BCUT2D eigenvalue weighted by Gasteiger charge is -2.23. The van der Waals surface area contributed by atoms with Crippen LogP contribution >= 0.6 is 0 Å². The summed E-state index contributed by atoms with van der Waals surface area (Å²) in [5.41, 5.74) is 2.31. The molecule has 1 atom stereocenters. The van der Waals surface area contributed by atoms with Gasteiger partial charge in [0.1, 0.15) is 17.8 Å². The Kier molecular flexibility index (Phi) is 7.50. The van der Waals surface area contributed by atoms with Gasteiger partial charge >= 0.3 is 0 Å². The molecule has 3 aromatic heterocycles. The van der Waals surface area contributed by atoms with Gasteiger partial charge in [-0.1, -0.05) is 32.1 Å². The molecule has 1 unspecified atom stereocenters. The third-order valence-electron chi connectivity index (χ3n) is 7.41. The van der Waals surface area contributed by atoms with Crippen molar-refractivity contribution in [2.24, 2.45) is 10.8 Å². The Morgan fingerprint density at radius 1 is 1.12 bits per heavy atom. The van der Waals surface area contributed by atoms with E-state index in [9.17, 15) is 23.7 Å². The minimum atomic E-state index is -2.46. The van der Waals surface area contributed by atoms with Crippen LogP contribution in [0.5, 0.6) is 0 Å². The zero-order valence-electron chi connectivity index (χ0n) is 23.7. The average molecular weight is 574 g/mol. The molecular weight excluding hydrogens is 543 g/mol. The fraction of sp³-hybridized carbons (Fsp3) is 0.400. The van der Waals surface area contributed by atoms with Crippen LogP contribution in [0.1, 0.15) is 67.7 Å². The number of hydrogen-bond acceptors (Lipinski definition) is 8. The zero-order valence-corrected chi connectivity index (χ0v) is 23.7. The number of hydrogen-bond donors (Lipinski definition) is 2. The molecule has 4 aromatic rings. The molecule has 1 fully saturated rings. The van der Waals surface area contributed by atoms with Gasteiger partial charge in [-0.2, -0.15) is 14.9 Å². The van der Waals surface area contributed by atoms with E-state index in [2.05, 4.69) is 63.8 Å². The molecule has 2 N–H and O–H groups in total. The quantitative estimate of drug-likeness (QED) is 0.229. The summed E-state index contributed by atoms with van der Waals surface area (Å²) in [4.78, 5) is 8.35. The first-order valence-electron chi connectivity index (χ1n) is 13.5. The molecule has 3 heterocycles. The number of aryl methyl sites for hydroxylation is 1. The number of fused-ring (bicyclic) bond motifs is 1. The largest absolute Gasteiger partial charge is 0.383 e. The summed E-state index contributed by atoms with van der Waals surface area (Å²) >= 11 is 0. The van der Waals surface area contributed by atoms with Crippen molar-refractivity contribution in [1.82, 2.24) is 25.0 Å². The maximum atomic E-state index is 13.9. The van der Waals surface area contributed by atoms with Crippen LogP contribution in [0.4, 0.5) is 24.5 Å². The Hall–Kier alpha value is -4.71. The third-order valence-corrected chi connectivity index (χ3v) is 7.41. The van der Waals surface area contributed by atoms with Crippen molar-refractivity contribution in [3.8, 4) is 12.1 Å². The van der Waals surface area contributed by atoms with E-state index in [0.29, 0.717) is 64.2 Å². The Bertz CT molecular complexity index is 1720. The standard InChI is InChI=1S/C30H30F3N9/c1-17-21(5-6-24(31)38-17)27(23-14-42(41-40-23)16-30(7-8-30)28(32)33)39-20-9-18(11-34)25-22(10-20)26(19(12-35)13-36-25)37-15-29(2,3)4/h5-6,9-10,13-14,27-28,39H,7-8,15-16H2,1-4H3,(H,36,37). The summed E-state index contributed by atoms with van der Waals surface area (Å²) in [6.07, 6.45) is 1.42. The molecule has 0 aliphatic heterocycles. The van der Waals surface area contributed by atoms with Crippen LogP contribution in [-0.4, -0.2) is 37.9 Å². The van der Waals surface area contributed by atoms with Gasteiger partial charge in [0, 0.05) is 35.1 Å². The third kappa shape index (κ3) is 5.84. The van der Waals surface area contributed by atoms with Gasteiger partial charge in [-0.05, 0) is 43.4 Å². The van der Waals surface area contributed by atoms with Crippen molar-refractivity contribution in [2.45, 2.75) is 59.5 Å². The van der Waals surface area contributed by atoms with Gasteiger partial charge in [-0.3, -0.25) is 9.67 Å². The summed E-state index contributed by atoms with van der Waals surface area (Å²) in [5.74, 6) is -0.645. The first-order chi connectivity index (χ1) is 19.9. The highest BCUT2D eigenvalue weighted by atomic mass is 19.3. The zero-order chi connectivity index (χ0) is 30.2. The second-order valence-corrected chi connectivity index (χ2v) is 12.0. The molecule has 0 amide bonds. The van der Waals surface area contributed by atoms with E-state index in [1.807, 2.05) is 0 Å².